The van der Waals surface area contributed by atoms with Crippen LogP contribution in [0.4, 0.5) is 5.69 Å². The van der Waals surface area contributed by atoms with Crippen LogP contribution < -0.4 is 5.32 Å². The van der Waals surface area contributed by atoms with Crippen LogP contribution in [0.5, 0.6) is 0 Å². The van der Waals surface area contributed by atoms with E-state index in [-0.39, 0.29) is 10.6 Å². The molecule has 3 aromatic rings. The van der Waals surface area contributed by atoms with Crippen molar-refractivity contribution in [1.29, 1.82) is 0 Å². The number of non-ortho nitro benzene ring substituents is 1. The molecule has 7 nitrogen and oxygen atoms in total. The van der Waals surface area contributed by atoms with Gasteiger partial charge in [0.1, 0.15) is 0 Å². The average molecular weight is 343 g/mol. The van der Waals surface area contributed by atoms with Crippen LogP contribution in [-0.4, -0.2) is 45.4 Å². The van der Waals surface area contributed by atoms with Crippen LogP contribution in [0.3, 0.4) is 0 Å². The van der Waals surface area contributed by atoms with Crippen molar-refractivity contribution >= 4 is 22.0 Å². The van der Waals surface area contributed by atoms with Gasteiger partial charge >= 0.3 is 0 Å². The lowest BCUT2D eigenvalue weighted by Crippen LogP contribution is -2.43. The van der Waals surface area contributed by atoms with Crippen LogP contribution in [-0.2, 0) is 6.54 Å². The molecule has 8 heteroatoms. The number of nitro benzene ring substituents is 1. The molecule has 0 aliphatic carbocycles. The first-order chi connectivity index (χ1) is 11.7. The van der Waals surface area contributed by atoms with Gasteiger partial charge in [0.15, 0.2) is 4.96 Å². The minimum absolute atomic E-state index is 0.100. The van der Waals surface area contributed by atoms with Gasteiger partial charge in [-0.2, -0.15) is 0 Å². The predicted octanol–water partition coefficient (Wildman–Crippen LogP) is 2.38. The number of rotatable bonds is 4. The van der Waals surface area contributed by atoms with Gasteiger partial charge in [-0.3, -0.25) is 19.4 Å². The van der Waals surface area contributed by atoms with E-state index in [1.165, 1.54) is 12.1 Å². The molecular formula is C16H17N5O2S. The van der Waals surface area contributed by atoms with Crippen molar-refractivity contribution in [3.05, 3.63) is 51.7 Å². The minimum Gasteiger partial charge on any atom is -0.314 e. The number of piperazine rings is 1. The maximum absolute atomic E-state index is 10.9. The van der Waals surface area contributed by atoms with Crippen molar-refractivity contribution in [3.63, 3.8) is 0 Å². The van der Waals surface area contributed by atoms with Crippen LogP contribution in [0.25, 0.3) is 16.2 Å². The number of nitro groups is 1. The molecule has 24 heavy (non-hydrogen) atoms. The van der Waals surface area contributed by atoms with E-state index in [1.807, 2.05) is 11.6 Å². The molecule has 2 aromatic heterocycles. The van der Waals surface area contributed by atoms with Crippen LogP contribution in [0.1, 0.15) is 5.69 Å². The fourth-order valence-corrected chi connectivity index (χ4v) is 3.77. The Bertz CT molecular complexity index is 864. The highest BCUT2D eigenvalue weighted by atomic mass is 32.1. The normalized spacial score (nSPS) is 15.8. The fourth-order valence-electron chi connectivity index (χ4n) is 3.04. The smallest absolute Gasteiger partial charge is 0.269 e. The van der Waals surface area contributed by atoms with Gasteiger partial charge in [0, 0.05) is 62.0 Å². The monoisotopic (exact) mass is 343 g/mol. The van der Waals surface area contributed by atoms with Gasteiger partial charge in [0.25, 0.3) is 5.69 Å². The third-order valence-electron chi connectivity index (χ3n) is 4.30. The highest BCUT2D eigenvalue weighted by Gasteiger charge is 2.19. The summed E-state index contributed by atoms with van der Waals surface area (Å²) in [5.41, 5.74) is 3.07. The number of hydrogen-bond acceptors (Lipinski definition) is 6. The first-order valence-corrected chi connectivity index (χ1v) is 8.72. The van der Waals surface area contributed by atoms with Crippen LogP contribution in [0.2, 0.25) is 0 Å². The topological polar surface area (TPSA) is 75.7 Å². The van der Waals surface area contributed by atoms with Crippen LogP contribution in [0, 0.1) is 10.1 Å². The Kier molecular flexibility index (Phi) is 4.01. The van der Waals surface area contributed by atoms with E-state index in [9.17, 15) is 10.1 Å². The molecule has 0 amide bonds. The van der Waals surface area contributed by atoms with Crippen LogP contribution >= 0.6 is 11.3 Å². The minimum atomic E-state index is -0.378. The zero-order chi connectivity index (χ0) is 16.5. The predicted molar refractivity (Wildman–Crippen MR) is 93.3 cm³/mol. The summed E-state index contributed by atoms with van der Waals surface area (Å²) in [6, 6.07) is 6.65. The lowest BCUT2D eigenvalue weighted by atomic mass is 10.1. The standard InChI is InChI=1S/C16H17N5O2S/c22-21(23)13-3-1-12(2-4-13)15-14(11-19-7-5-17-6-8-19)20-9-10-24-16(20)18-15/h1-4,9-10,17H,5-8,11H2. The Labute approximate surface area is 142 Å². The van der Waals surface area contributed by atoms with E-state index >= 15 is 0 Å². The first kappa shape index (κ1) is 15.3. The summed E-state index contributed by atoms with van der Waals surface area (Å²) in [6.07, 6.45) is 2.04. The molecule has 1 aliphatic heterocycles. The van der Waals surface area contributed by atoms with E-state index in [1.54, 1.807) is 23.5 Å². The van der Waals surface area contributed by atoms with Crippen molar-refractivity contribution in [3.8, 4) is 11.3 Å². The molecule has 3 heterocycles. The molecule has 1 fully saturated rings. The molecule has 4 rings (SSSR count). The maximum Gasteiger partial charge on any atom is 0.269 e. The summed E-state index contributed by atoms with van der Waals surface area (Å²) < 4.78 is 2.13. The molecule has 1 N–H and O–H groups in total. The second kappa shape index (κ2) is 6.31. The quantitative estimate of drug-likeness (QED) is 0.581. The SMILES string of the molecule is O=[N+]([O-])c1ccc(-c2nc3sccn3c2CN2CCNCC2)cc1. The van der Waals surface area contributed by atoms with E-state index < -0.39 is 0 Å². The van der Waals surface area contributed by atoms with Gasteiger partial charge in [-0.05, 0) is 12.1 Å². The van der Waals surface area contributed by atoms with Gasteiger partial charge in [0.05, 0.1) is 16.3 Å². The summed E-state index contributed by atoms with van der Waals surface area (Å²) in [4.78, 5) is 18.6. The second-order valence-corrected chi connectivity index (χ2v) is 6.67. The summed E-state index contributed by atoms with van der Waals surface area (Å²) in [5, 5.41) is 16.2. The molecule has 0 unspecified atom stereocenters. The number of imidazole rings is 1. The van der Waals surface area contributed by atoms with E-state index in [0.29, 0.717) is 0 Å². The third-order valence-corrected chi connectivity index (χ3v) is 5.05. The van der Waals surface area contributed by atoms with Gasteiger partial charge in [-0.25, -0.2) is 4.98 Å². The molecule has 1 saturated heterocycles. The Balaban J connectivity index is 1.72. The number of nitrogens with zero attached hydrogens (tertiary/aromatic N) is 4. The van der Waals surface area contributed by atoms with E-state index in [0.717, 1.165) is 54.6 Å². The summed E-state index contributed by atoms with van der Waals surface area (Å²) >= 11 is 1.60. The number of benzene rings is 1. The van der Waals surface area contributed by atoms with Crippen molar-refractivity contribution in [2.75, 3.05) is 26.2 Å². The first-order valence-electron chi connectivity index (χ1n) is 7.85. The molecule has 1 aliphatic rings. The van der Waals surface area contributed by atoms with Gasteiger partial charge in [0.2, 0.25) is 0 Å². The third kappa shape index (κ3) is 2.79. The zero-order valence-electron chi connectivity index (χ0n) is 13.0. The lowest BCUT2D eigenvalue weighted by Gasteiger charge is -2.27. The zero-order valence-corrected chi connectivity index (χ0v) is 13.8. The maximum atomic E-state index is 10.9. The highest BCUT2D eigenvalue weighted by molar-refractivity contribution is 7.15. The largest absolute Gasteiger partial charge is 0.314 e. The molecular weight excluding hydrogens is 326 g/mol. The summed E-state index contributed by atoms with van der Waals surface area (Å²) in [5.74, 6) is 0. The number of aromatic nitrogens is 2. The van der Waals surface area contributed by atoms with E-state index in [4.69, 9.17) is 4.98 Å². The summed E-state index contributed by atoms with van der Waals surface area (Å²) in [7, 11) is 0. The molecule has 0 radical (unpaired) electrons. The Morgan fingerprint density at radius 2 is 2.00 bits per heavy atom. The number of thiazole rings is 1. The van der Waals surface area contributed by atoms with Crippen molar-refractivity contribution in [2.24, 2.45) is 0 Å². The number of nitrogens with one attached hydrogen (secondary N) is 1. The van der Waals surface area contributed by atoms with Gasteiger partial charge in [-0.15, -0.1) is 11.3 Å². The Hall–Kier alpha value is -2.29. The Morgan fingerprint density at radius 1 is 1.25 bits per heavy atom. The van der Waals surface area contributed by atoms with E-state index in [2.05, 4.69) is 14.6 Å². The highest BCUT2D eigenvalue weighted by Crippen LogP contribution is 2.29. The van der Waals surface area contributed by atoms with Gasteiger partial charge in [-0.1, -0.05) is 0 Å². The summed E-state index contributed by atoms with van der Waals surface area (Å²) in [6.45, 7) is 4.84. The van der Waals surface area contributed by atoms with Crippen molar-refractivity contribution in [2.45, 2.75) is 6.54 Å². The molecule has 1 aromatic carbocycles. The second-order valence-electron chi connectivity index (χ2n) is 5.79. The number of fused-ring (bicyclic) bond motifs is 1. The average Bonchev–Trinajstić information content (AvgIpc) is 3.19. The molecule has 0 atom stereocenters. The van der Waals surface area contributed by atoms with Crippen LogP contribution in [0.15, 0.2) is 35.8 Å². The number of hydrogen-bond donors (Lipinski definition) is 1. The fraction of sp³-hybridized carbons (Fsp3) is 0.312. The van der Waals surface area contributed by atoms with Crippen molar-refractivity contribution < 1.29 is 4.92 Å². The molecule has 0 bridgehead atoms. The van der Waals surface area contributed by atoms with Crippen molar-refractivity contribution in [1.82, 2.24) is 19.6 Å². The lowest BCUT2D eigenvalue weighted by molar-refractivity contribution is -0.384. The molecule has 124 valence electrons. The Morgan fingerprint density at radius 3 is 2.71 bits per heavy atom. The molecule has 0 saturated carbocycles. The van der Waals surface area contributed by atoms with Gasteiger partial charge < -0.3 is 5.32 Å². The molecule has 0 spiro atoms.